The van der Waals surface area contributed by atoms with Crippen LogP contribution in [0.15, 0.2) is 146 Å². The fourth-order valence-electron chi connectivity index (χ4n) is 6.00. The van der Waals surface area contributed by atoms with Gasteiger partial charge in [0, 0.05) is 42.8 Å². The van der Waals surface area contributed by atoms with Crippen LogP contribution in [0.4, 0.5) is 0 Å². The molecule has 0 saturated heterocycles. The summed E-state index contributed by atoms with van der Waals surface area (Å²) < 4.78 is 2.53. The minimum Gasteiger partial charge on any atom is -0.305 e. The first-order valence-electron chi connectivity index (χ1n) is 16.2. The molecule has 0 N–H and O–H groups in total. The van der Waals surface area contributed by atoms with Gasteiger partial charge in [-0.05, 0) is 61.9 Å². The number of aryl methyl sites for hydroxylation is 1. The Morgan fingerprint density at radius 3 is 1.94 bits per heavy atom. The topological polar surface area (TPSA) is 25.8 Å². The van der Waals surface area contributed by atoms with Crippen LogP contribution in [0.1, 0.15) is 5.56 Å². The van der Waals surface area contributed by atoms with E-state index in [1.807, 2.05) is 60.1 Å². The Labute approximate surface area is 307 Å². The Balaban J connectivity index is 0.000000208. The second-order valence-corrected chi connectivity index (χ2v) is 19.1. The van der Waals surface area contributed by atoms with Gasteiger partial charge in [-0.15, -0.1) is 59.7 Å². The number of nitrogens with zero attached hydrogens (tertiary/aromatic N) is 2. The molecule has 8 rings (SSSR count). The van der Waals surface area contributed by atoms with E-state index < -0.39 is 8.07 Å². The third kappa shape index (κ3) is 7.41. The summed E-state index contributed by atoms with van der Waals surface area (Å²) in [5.74, 6) is 0. The molecule has 3 heterocycles. The zero-order valence-corrected chi connectivity index (χ0v) is 32.2. The van der Waals surface area contributed by atoms with E-state index in [-0.39, 0.29) is 20.1 Å². The van der Waals surface area contributed by atoms with Crippen molar-refractivity contribution in [3.05, 3.63) is 164 Å². The average Bonchev–Trinajstić information content (AvgIpc) is 3.52. The van der Waals surface area contributed by atoms with Crippen molar-refractivity contribution < 1.29 is 20.1 Å². The third-order valence-electron chi connectivity index (χ3n) is 8.61. The molecule has 3 aromatic heterocycles. The van der Waals surface area contributed by atoms with Gasteiger partial charge in [0.05, 0.1) is 8.07 Å². The number of rotatable bonds is 5. The maximum atomic E-state index is 4.86. The van der Waals surface area contributed by atoms with Crippen molar-refractivity contribution >= 4 is 44.8 Å². The van der Waals surface area contributed by atoms with Gasteiger partial charge < -0.3 is 9.97 Å². The van der Waals surface area contributed by atoms with Crippen LogP contribution in [0.5, 0.6) is 0 Å². The minimum atomic E-state index is -1.23. The molecule has 0 aliphatic heterocycles. The normalized spacial score (nSPS) is 11.1. The number of fused-ring (bicyclic) bond motifs is 3. The molecule has 1 radical (unpaired) electrons. The SMILES string of the molecule is C[Si](C)(C)c1ccc(-c2[c-]cccc2)nc1.Cc1cc(-c2[c-]ccc3c2sc2cccc(-c4ccccc4)c23)ncc1-c1ccccc1.[Ir]. The van der Waals surface area contributed by atoms with Crippen molar-refractivity contribution in [1.29, 1.82) is 0 Å². The number of benzene rings is 5. The van der Waals surface area contributed by atoms with Crippen LogP contribution in [0.3, 0.4) is 0 Å². The predicted molar refractivity (Wildman–Crippen MR) is 208 cm³/mol. The average molecular weight is 845 g/mol. The summed E-state index contributed by atoms with van der Waals surface area (Å²) in [6.07, 6.45) is 4.01. The molecule has 0 unspecified atom stereocenters. The van der Waals surface area contributed by atoms with Crippen molar-refractivity contribution in [3.8, 4) is 44.8 Å². The van der Waals surface area contributed by atoms with E-state index in [1.165, 1.54) is 53.2 Å². The van der Waals surface area contributed by atoms with Gasteiger partial charge in [-0.25, -0.2) is 0 Å². The number of hydrogen-bond donors (Lipinski definition) is 0. The molecule has 0 bridgehead atoms. The van der Waals surface area contributed by atoms with E-state index in [9.17, 15) is 0 Å². The van der Waals surface area contributed by atoms with Crippen molar-refractivity contribution in [2.75, 3.05) is 0 Å². The van der Waals surface area contributed by atoms with Crippen LogP contribution in [-0.2, 0) is 20.1 Å². The molecule has 49 heavy (non-hydrogen) atoms. The molecule has 5 aromatic carbocycles. The molecule has 2 nitrogen and oxygen atoms in total. The molecule has 5 heteroatoms. The maximum Gasteiger partial charge on any atom is 0.0795 e. The predicted octanol–water partition coefficient (Wildman–Crippen LogP) is 11.7. The zero-order chi connectivity index (χ0) is 33.1. The van der Waals surface area contributed by atoms with Gasteiger partial charge in [0.2, 0.25) is 0 Å². The smallest absolute Gasteiger partial charge is 0.0795 e. The Hall–Kier alpha value is -4.51. The van der Waals surface area contributed by atoms with Crippen LogP contribution in [-0.4, -0.2) is 18.0 Å². The molecular weight excluding hydrogens is 809 g/mol. The standard InChI is InChI=1S/C30H20NS.C14H16NSi.Ir/c1-20-18-27(31-19-26(20)22-12-6-3-7-13-22)24-15-8-16-25-29-23(21-10-4-2-5-11-21)14-9-17-28(29)32-30(24)25;1-16(2,3)13-9-10-14(15-11-13)12-7-5-4-6-8-12;/h2-14,16-19H,1H3;4-7,9-11H,1-3H3;/q2*-1;. The molecular formula is C44H36IrN2SSi-2. The van der Waals surface area contributed by atoms with Crippen LogP contribution in [0.2, 0.25) is 19.6 Å². The molecule has 8 aromatic rings. The first kappa shape index (κ1) is 34.4. The zero-order valence-electron chi connectivity index (χ0n) is 28.0. The molecule has 0 spiro atoms. The maximum absolute atomic E-state index is 4.86. The summed E-state index contributed by atoms with van der Waals surface area (Å²) in [6, 6.07) is 53.0. The van der Waals surface area contributed by atoms with Gasteiger partial charge in [-0.3, -0.25) is 0 Å². The summed E-state index contributed by atoms with van der Waals surface area (Å²) in [7, 11) is -1.23. The molecule has 0 amide bonds. The van der Waals surface area contributed by atoms with Crippen molar-refractivity contribution in [2.45, 2.75) is 26.6 Å². The van der Waals surface area contributed by atoms with Crippen LogP contribution in [0, 0.1) is 19.1 Å². The molecule has 0 saturated carbocycles. The Kier molecular flexibility index (Phi) is 10.5. The fourth-order valence-corrected chi connectivity index (χ4v) is 8.27. The fraction of sp³-hybridized carbons (Fsp3) is 0.0909. The summed E-state index contributed by atoms with van der Waals surface area (Å²) in [5.41, 5.74) is 10.2. The number of thiophene rings is 1. The van der Waals surface area contributed by atoms with E-state index >= 15 is 0 Å². The summed E-state index contributed by atoms with van der Waals surface area (Å²) in [6.45, 7) is 9.15. The second kappa shape index (κ2) is 14.9. The van der Waals surface area contributed by atoms with Gasteiger partial charge in [-0.2, -0.15) is 11.3 Å². The first-order chi connectivity index (χ1) is 23.4. The Morgan fingerprint density at radius 2 is 1.31 bits per heavy atom. The van der Waals surface area contributed by atoms with Crippen molar-refractivity contribution in [3.63, 3.8) is 0 Å². The van der Waals surface area contributed by atoms with Gasteiger partial charge in [0.25, 0.3) is 0 Å². The summed E-state index contributed by atoms with van der Waals surface area (Å²) >= 11 is 1.83. The van der Waals surface area contributed by atoms with Gasteiger partial charge in [0.1, 0.15) is 0 Å². The number of hydrogen-bond acceptors (Lipinski definition) is 3. The van der Waals surface area contributed by atoms with Crippen molar-refractivity contribution in [1.82, 2.24) is 9.97 Å². The number of aromatic nitrogens is 2. The van der Waals surface area contributed by atoms with Gasteiger partial charge in [0.15, 0.2) is 0 Å². The van der Waals surface area contributed by atoms with Gasteiger partial charge in [-0.1, -0.05) is 116 Å². The van der Waals surface area contributed by atoms with Crippen LogP contribution in [0.25, 0.3) is 64.9 Å². The monoisotopic (exact) mass is 845 g/mol. The number of pyridine rings is 2. The molecule has 0 aliphatic carbocycles. The first-order valence-corrected chi connectivity index (χ1v) is 20.6. The van der Waals surface area contributed by atoms with E-state index in [0.717, 1.165) is 22.5 Å². The molecule has 0 atom stereocenters. The summed E-state index contributed by atoms with van der Waals surface area (Å²) in [4.78, 5) is 9.38. The quantitative estimate of drug-likeness (QED) is 0.127. The van der Waals surface area contributed by atoms with E-state index in [4.69, 9.17) is 4.98 Å². The van der Waals surface area contributed by atoms with E-state index in [1.54, 1.807) is 0 Å². The van der Waals surface area contributed by atoms with Crippen LogP contribution < -0.4 is 5.19 Å². The Morgan fingerprint density at radius 1 is 0.612 bits per heavy atom. The van der Waals surface area contributed by atoms with E-state index in [0.29, 0.717) is 0 Å². The third-order valence-corrected chi connectivity index (χ3v) is 11.8. The molecule has 0 aliphatic rings. The van der Waals surface area contributed by atoms with E-state index in [2.05, 4.69) is 141 Å². The van der Waals surface area contributed by atoms with Crippen LogP contribution >= 0.6 is 11.3 Å². The van der Waals surface area contributed by atoms with Crippen molar-refractivity contribution in [2.24, 2.45) is 0 Å². The second-order valence-electron chi connectivity index (χ2n) is 13.0. The minimum absolute atomic E-state index is 0. The largest absolute Gasteiger partial charge is 0.305 e. The summed E-state index contributed by atoms with van der Waals surface area (Å²) in [5, 5.41) is 3.98. The van der Waals surface area contributed by atoms with Gasteiger partial charge >= 0.3 is 0 Å². The molecule has 0 fully saturated rings. The molecule has 243 valence electrons. The Bertz CT molecular complexity index is 2310.